The van der Waals surface area contributed by atoms with Gasteiger partial charge < -0.3 is 10.2 Å². The van der Waals surface area contributed by atoms with Gasteiger partial charge in [-0.3, -0.25) is 4.68 Å². The number of rotatable bonds is 5. The zero-order valence-corrected chi connectivity index (χ0v) is 9.97. The number of hydrogen-bond acceptors (Lipinski definition) is 4. The Labute approximate surface area is 96.8 Å². The summed E-state index contributed by atoms with van der Waals surface area (Å²) in [6, 6.07) is 0. The van der Waals surface area contributed by atoms with Gasteiger partial charge in [-0.25, -0.2) is 0 Å². The fourth-order valence-corrected chi connectivity index (χ4v) is 2.12. The van der Waals surface area contributed by atoms with E-state index in [1.165, 1.54) is 25.9 Å². The standard InChI is InChI=1S/C11H21N5/c1-15-6-2-11(3-7-15)10-12-4-8-16-9-5-13-14-16/h5,9,11-12H,2-4,6-8,10H2,1H3. The Balaban J connectivity index is 1.55. The van der Waals surface area contributed by atoms with Crippen LogP contribution in [0.2, 0.25) is 0 Å². The molecule has 0 saturated carbocycles. The molecule has 1 aromatic heterocycles. The van der Waals surface area contributed by atoms with E-state index >= 15 is 0 Å². The van der Waals surface area contributed by atoms with E-state index in [2.05, 4.69) is 27.6 Å². The smallest absolute Gasteiger partial charge is 0.0692 e. The van der Waals surface area contributed by atoms with Crippen LogP contribution >= 0.6 is 0 Å². The third kappa shape index (κ3) is 3.57. The third-order valence-electron chi connectivity index (χ3n) is 3.26. The molecule has 1 aliphatic rings. The van der Waals surface area contributed by atoms with E-state index in [0.717, 1.165) is 25.6 Å². The fourth-order valence-electron chi connectivity index (χ4n) is 2.12. The van der Waals surface area contributed by atoms with Crippen molar-refractivity contribution >= 4 is 0 Å². The molecule has 0 radical (unpaired) electrons. The summed E-state index contributed by atoms with van der Waals surface area (Å²) in [6.07, 6.45) is 6.27. The summed E-state index contributed by atoms with van der Waals surface area (Å²) in [4.78, 5) is 2.41. The Morgan fingerprint density at radius 1 is 1.38 bits per heavy atom. The lowest BCUT2D eigenvalue weighted by Gasteiger charge is -2.29. The first-order valence-electron chi connectivity index (χ1n) is 6.08. The van der Waals surface area contributed by atoms with Crippen LogP contribution in [0.5, 0.6) is 0 Å². The van der Waals surface area contributed by atoms with E-state index in [4.69, 9.17) is 0 Å². The van der Waals surface area contributed by atoms with Crippen molar-refractivity contribution in [2.24, 2.45) is 5.92 Å². The van der Waals surface area contributed by atoms with Crippen molar-refractivity contribution < 1.29 is 0 Å². The molecule has 1 saturated heterocycles. The summed E-state index contributed by atoms with van der Waals surface area (Å²) in [5.74, 6) is 0.854. The Morgan fingerprint density at radius 2 is 2.19 bits per heavy atom. The van der Waals surface area contributed by atoms with E-state index in [1.54, 1.807) is 6.20 Å². The van der Waals surface area contributed by atoms with Crippen LogP contribution in [-0.4, -0.2) is 53.1 Å². The van der Waals surface area contributed by atoms with Gasteiger partial charge in [0, 0.05) is 12.7 Å². The van der Waals surface area contributed by atoms with Crippen molar-refractivity contribution in [3.63, 3.8) is 0 Å². The highest BCUT2D eigenvalue weighted by molar-refractivity contribution is 4.72. The van der Waals surface area contributed by atoms with Crippen molar-refractivity contribution in [3.05, 3.63) is 12.4 Å². The van der Waals surface area contributed by atoms with Crippen LogP contribution in [0.25, 0.3) is 0 Å². The van der Waals surface area contributed by atoms with Gasteiger partial charge in [-0.05, 0) is 45.4 Å². The topological polar surface area (TPSA) is 46.0 Å². The van der Waals surface area contributed by atoms with Crippen LogP contribution in [0, 0.1) is 5.92 Å². The molecule has 2 heterocycles. The molecular formula is C11H21N5. The Kier molecular flexibility index (Phi) is 4.30. The predicted molar refractivity (Wildman–Crippen MR) is 63.1 cm³/mol. The summed E-state index contributed by atoms with van der Waals surface area (Å²) in [6.45, 7) is 5.52. The quantitative estimate of drug-likeness (QED) is 0.725. The molecule has 1 fully saturated rings. The minimum atomic E-state index is 0.854. The molecule has 90 valence electrons. The van der Waals surface area contributed by atoms with Gasteiger partial charge in [0.05, 0.1) is 12.7 Å². The first-order chi connectivity index (χ1) is 7.84. The monoisotopic (exact) mass is 223 g/mol. The van der Waals surface area contributed by atoms with Crippen molar-refractivity contribution in [1.29, 1.82) is 0 Å². The van der Waals surface area contributed by atoms with E-state index in [0.29, 0.717) is 0 Å². The van der Waals surface area contributed by atoms with Gasteiger partial charge in [0.25, 0.3) is 0 Å². The van der Waals surface area contributed by atoms with Crippen molar-refractivity contribution in [2.75, 3.05) is 33.2 Å². The third-order valence-corrected chi connectivity index (χ3v) is 3.26. The van der Waals surface area contributed by atoms with Crippen LogP contribution in [0.3, 0.4) is 0 Å². The average molecular weight is 223 g/mol. The lowest BCUT2D eigenvalue weighted by atomic mass is 9.97. The normalized spacial score (nSPS) is 19.1. The largest absolute Gasteiger partial charge is 0.315 e. The second-order valence-electron chi connectivity index (χ2n) is 4.62. The van der Waals surface area contributed by atoms with Crippen molar-refractivity contribution in [1.82, 2.24) is 25.2 Å². The number of nitrogens with zero attached hydrogens (tertiary/aromatic N) is 4. The Morgan fingerprint density at radius 3 is 2.88 bits per heavy atom. The second-order valence-corrected chi connectivity index (χ2v) is 4.62. The molecule has 0 unspecified atom stereocenters. The minimum Gasteiger partial charge on any atom is -0.315 e. The summed E-state index contributed by atoms with van der Waals surface area (Å²) in [5.41, 5.74) is 0. The van der Waals surface area contributed by atoms with E-state index < -0.39 is 0 Å². The second kappa shape index (κ2) is 5.96. The van der Waals surface area contributed by atoms with Crippen molar-refractivity contribution in [2.45, 2.75) is 19.4 Å². The molecule has 5 nitrogen and oxygen atoms in total. The molecule has 0 atom stereocenters. The molecule has 1 aromatic rings. The molecule has 1 aliphatic heterocycles. The lowest BCUT2D eigenvalue weighted by molar-refractivity contribution is 0.216. The van der Waals surface area contributed by atoms with E-state index in [1.807, 2.05) is 10.9 Å². The molecule has 5 heteroatoms. The summed E-state index contributed by atoms with van der Waals surface area (Å²) >= 11 is 0. The Bertz CT molecular complexity index is 277. The molecule has 0 amide bonds. The lowest BCUT2D eigenvalue weighted by Crippen LogP contribution is -2.35. The number of nitrogens with one attached hydrogen (secondary N) is 1. The maximum Gasteiger partial charge on any atom is 0.0692 e. The van der Waals surface area contributed by atoms with Gasteiger partial charge in [0.15, 0.2) is 0 Å². The molecular weight excluding hydrogens is 202 g/mol. The molecule has 2 rings (SSSR count). The average Bonchev–Trinajstić information content (AvgIpc) is 2.80. The van der Waals surface area contributed by atoms with Gasteiger partial charge in [0.2, 0.25) is 0 Å². The number of hydrogen-bond donors (Lipinski definition) is 1. The minimum absolute atomic E-state index is 0.854. The van der Waals surface area contributed by atoms with Crippen LogP contribution in [0.15, 0.2) is 12.4 Å². The summed E-state index contributed by atoms with van der Waals surface area (Å²) in [5, 5.41) is 11.2. The van der Waals surface area contributed by atoms with Gasteiger partial charge in [-0.1, -0.05) is 5.21 Å². The van der Waals surface area contributed by atoms with Gasteiger partial charge >= 0.3 is 0 Å². The zero-order chi connectivity index (χ0) is 11.2. The summed E-state index contributed by atoms with van der Waals surface area (Å²) in [7, 11) is 2.20. The number of piperidine rings is 1. The first kappa shape index (κ1) is 11.5. The van der Waals surface area contributed by atoms with Gasteiger partial charge in [-0.15, -0.1) is 5.10 Å². The molecule has 16 heavy (non-hydrogen) atoms. The SMILES string of the molecule is CN1CCC(CNCCn2ccnn2)CC1. The predicted octanol–water partition coefficient (Wildman–Crippen LogP) is 0.210. The maximum absolute atomic E-state index is 3.93. The Hall–Kier alpha value is -0.940. The maximum atomic E-state index is 3.93. The van der Waals surface area contributed by atoms with Crippen LogP contribution < -0.4 is 5.32 Å². The molecule has 0 bridgehead atoms. The summed E-state index contributed by atoms with van der Waals surface area (Å²) < 4.78 is 1.86. The van der Waals surface area contributed by atoms with E-state index in [9.17, 15) is 0 Å². The number of likely N-dealkylation sites (tertiary alicyclic amines) is 1. The van der Waals surface area contributed by atoms with Crippen molar-refractivity contribution in [3.8, 4) is 0 Å². The van der Waals surface area contributed by atoms with Gasteiger partial charge in [-0.2, -0.15) is 0 Å². The van der Waals surface area contributed by atoms with Crippen LogP contribution in [0.1, 0.15) is 12.8 Å². The molecule has 0 spiro atoms. The molecule has 1 N–H and O–H groups in total. The highest BCUT2D eigenvalue weighted by atomic mass is 15.4. The number of aromatic nitrogens is 3. The fraction of sp³-hybridized carbons (Fsp3) is 0.818. The van der Waals surface area contributed by atoms with Crippen LogP contribution in [0.4, 0.5) is 0 Å². The molecule has 0 aromatic carbocycles. The molecule has 0 aliphatic carbocycles. The van der Waals surface area contributed by atoms with Gasteiger partial charge in [0.1, 0.15) is 0 Å². The first-order valence-corrected chi connectivity index (χ1v) is 6.08. The highest BCUT2D eigenvalue weighted by Gasteiger charge is 2.15. The zero-order valence-electron chi connectivity index (χ0n) is 9.97. The highest BCUT2D eigenvalue weighted by Crippen LogP contribution is 2.14. The van der Waals surface area contributed by atoms with E-state index in [-0.39, 0.29) is 0 Å². The van der Waals surface area contributed by atoms with Crippen LogP contribution in [-0.2, 0) is 6.54 Å².